The first kappa shape index (κ1) is 22.7. The lowest BCUT2D eigenvalue weighted by Gasteiger charge is -2.22. The Hall–Kier alpha value is -2.58. The first-order chi connectivity index (χ1) is 13.5. The summed E-state index contributed by atoms with van der Waals surface area (Å²) in [5.41, 5.74) is 0.997. The molecule has 2 aromatic carbocycles. The maximum Gasteiger partial charge on any atom is 0.407 e. The summed E-state index contributed by atoms with van der Waals surface area (Å²) in [5, 5.41) is 2.64. The van der Waals surface area contributed by atoms with Crippen molar-refractivity contribution < 1.29 is 26.9 Å². The van der Waals surface area contributed by atoms with Gasteiger partial charge in [0.2, 0.25) is 0 Å². The van der Waals surface area contributed by atoms with Crippen LogP contribution in [0.25, 0.3) is 0 Å². The second-order valence-electron chi connectivity index (χ2n) is 7.53. The van der Waals surface area contributed by atoms with Gasteiger partial charge in [-0.25, -0.2) is 4.79 Å². The van der Waals surface area contributed by atoms with Crippen molar-refractivity contribution in [2.45, 2.75) is 44.3 Å². The van der Waals surface area contributed by atoms with Gasteiger partial charge in [0, 0.05) is 7.11 Å². The van der Waals surface area contributed by atoms with Crippen LogP contribution in [0.4, 0.5) is 4.79 Å². The van der Waals surface area contributed by atoms with Crippen LogP contribution in [0.15, 0.2) is 53.4 Å². The quantitative estimate of drug-likeness (QED) is 0.680. The Balaban J connectivity index is 2.10. The molecular weight excluding hydrogens is 394 g/mol. The molecule has 0 aromatic heterocycles. The number of hydrogen-bond acceptors (Lipinski definition) is 6. The van der Waals surface area contributed by atoms with Gasteiger partial charge in [-0.05, 0) is 57.5 Å². The van der Waals surface area contributed by atoms with Crippen molar-refractivity contribution in [1.29, 1.82) is 0 Å². The summed E-state index contributed by atoms with van der Waals surface area (Å²) in [6.07, 6.45) is -1.07. The smallest absolute Gasteiger partial charge is 0.407 e. The van der Waals surface area contributed by atoms with E-state index < -0.39 is 27.9 Å². The zero-order valence-corrected chi connectivity index (χ0v) is 18.1. The van der Waals surface area contributed by atoms with E-state index >= 15 is 0 Å². The third kappa shape index (κ3) is 7.07. The highest BCUT2D eigenvalue weighted by Crippen LogP contribution is 2.24. The Morgan fingerprint density at radius 1 is 1.10 bits per heavy atom. The summed E-state index contributed by atoms with van der Waals surface area (Å²) < 4.78 is 40.9. The van der Waals surface area contributed by atoms with Crippen LogP contribution in [-0.2, 0) is 19.6 Å². The number of benzene rings is 2. The molecule has 0 spiro atoms. The summed E-state index contributed by atoms with van der Waals surface area (Å²) >= 11 is 0. The molecule has 0 saturated carbocycles. The number of amides is 1. The minimum absolute atomic E-state index is 0.0726. The maximum atomic E-state index is 12.5. The number of nitrogens with one attached hydrogen (secondary N) is 1. The number of rotatable bonds is 7. The fourth-order valence-corrected chi connectivity index (χ4v) is 3.40. The molecular formula is C21H27NO6S. The van der Waals surface area contributed by atoms with Crippen molar-refractivity contribution in [3.63, 3.8) is 0 Å². The summed E-state index contributed by atoms with van der Waals surface area (Å²) in [6, 6.07) is 12.9. The molecule has 158 valence electrons. The van der Waals surface area contributed by atoms with Crippen LogP contribution in [-0.4, -0.2) is 33.8 Å². The lowest BCUT2D eigenvalue weighted by Crippen LogP contribution is -2.35. The van der Waals surface area contributed by atoms with E-state index in [0.29, 0.717) is 5.56 Å². The van der Waals surface area contributed by atoms with Crippen molar-refractivity contribution >= 4 is 16.2 Å². The normalized spacial score (nSPS) is 12.9. The molecule has 7 nitrogen and oxygen atoms in total. The van der Waals surface area contributed by atoms with E-state index in [1.807, 2.05) is 6.92 Å². The standard InChI is InChI=1S/C21H27NO6S/c1-15-9-11-18(12-10-15)29(24,25)28-17-8-6-7-16(13-17)19(26-5)14-22-20(23)27-21(2,3)4/h6-13,19H,14H2,1-5H3,(H,22,23). The van der Waals surface area contributed by atoms with Crippen molar-refractivity contribution in [3.8, 4) is 5.75 Å². The Bertz CT molecular complexity index is 932. The van der Waals surface area contributed by atoms with Crippen molar-refractivity contribution in [1.82, 2.24) is 5.32 Å². The predicted molar refractivity (Wildman–Crippen MR) is 109 cm³/mol. The zero-order chi connectivity index (χ0) is 21.7. The maximum absolute atomic E-state index is 12.5. The Kier molecular flexibility index (Phi) is 7.26. The molecule has 1 atom stereocenters. The first-order valence-electron chi connectivity index (χ1n) is 9.11. The molecule has 0 saturated heterocycles. The number of carbonyl (C=O) groups excluding carboxylic acids is 1. The van der Waals surface area contributed by atoms with E-state index in [1.54, 1.807) is 57.2 Å². The Morgan fingerprint density at radius 3 is 2.34 bits per heavy atom. The molecule has 8 heteroatoms. The third-order valence-corrected chi connectivity index (χ3v) is 5.12. The minimum atomic E-state index is -3.96. The van der Waals surface area contributed by atoms with E-state index in [0.717, 1.165) is 5.56 Å². The van der Waals surface area contributed by atoms with Crippen molar-refractivity contribution in [3.05, 3.63) is 59.7 Å². The van der Waals surface area contributed by atoms with Gasteiger partial charge in [-0.2, -0.15) is 8.42 Å². The average Bonchev–Trinajstić information content (AvgIpc) is 2.61. The van der Waals surface area contributed by atoms with Gasteiger partial charge in [0.05, 0.1) is 12.6 Å². The number of hydrogen-bond donors (Lipinski definition) is 1. The van der Waals surface area contributed by atoms with Gasteiger partial charge in [0.15, 0.2) is 0 Å². The van der Waals surface area contributed by atoms with E-state index in [9.17, 15) is 13.2 Å². The van der Waals surface area contributed by atoms with Gasteiger partial charge in [-0.3, -0.25) is 0 Å². The Labute approximate surface area is 172 Å². The van der Waals surface area contributed by atoms with Crippen LogP contribution in [0.5, 0.6) is 5.75 Å². The van der Waals surface area contributed by atoms with E-state index in [-0.39, 0.29) is 17.2 Å². The number of methoxy groups -OCH3 is 1. The SMILES string of the molecule is COC(CNC(=O)OC(C)(C)C)c1cccc(OS(=O)(=O)c2ccc(C)cc2)c1. The molecule has 2 rings (SSSR count). The molecule has 0 bridgehead atoms. The van der Waals surface area contributed by atoms with E-state index in [4.69, 9.17) is 13.7 Å². The minimum Gasteiger partial charge on any atom is -0.444 e. The lowest BCUT2D eigenvalue weighted by atomic mass is 10.1. The highest BCUT2D eigenvalue weighted by Gasteiger charge is 2.20. The molecule has 0 radical (unpaired) electrons. The van der Waals surface area contributed by atoms with Crippen LogP contribution in [0.3, 0.4) is 0 Å². The number of aryl methyl sites for hydroxylation is 1. The fourth-order valence-electron chi connectivity index (χ4n) is 2.47. The van der Waals surface area contributed by atoms with Gasteiger partial charge in [-0.15, -0.1) is 0 Å². The zero-order valence-electron chi connectivity index (χ0n) is 17.3. The molecule has 0 aliphatic rings. The van der Waals surface area contributed by atoms with Crippen LogP contribution in [0.2, 0.25) is 0 Å². The topological polar surface area (TPSA) is 90.9 Å². The molecule has 0 fully saturated rings. The van der Waals surface area contributed by atoms with Crippen LogP contribution in [0, 0.1) is 6.92 Å². The van der Waals surface area contributed by atoms with E-state index in [2.05, 4.69) is 5.32 Å². The van der Waals surface area contributed by atoms with Gasteiger partial charge in [-0.1, -0.05) is 29.8 Å². The summed E-state index contributed by atoms with van der Waals surface area (Å²) in [6.45, 7) is 7.34. The largest absolute Gasteiger partial charge is 0.444 e. The molecule has 1 amide bonds. The highest BCUT2D eigenvalue weighted by molar-refractivity contribution is 7.87. The van der Waals surface area contributed by atoms with E-state index in [1.165, 1.54) is 19.2 Å². The molecule has 1 unspecified atom stereocenters. The first-order valence-corrected chi connectivity index (χ1v) is 10.5. The third-order valence-electron chi connectivity index (χ3n) is 3.86. The predicted octanol–water partition coefficient (Wildman–Crippen LogP) is 3.97. The monoisotopic (exact) mass is 421 g/mol. The molecule has 0 aliphatic heterocycles. The lowest BCUT2D eigenvalue weighted by molar-refractivity contribution is 0.0456. The fraction of sp³-hybridized carbons (Fsp3) is 0.381. The second kappa shape index (κ2) is 9.28. The molecule has 2 aromatic rings. The summed E-state index contributed by atoms with van der Waals surface area (Å²) in [7, 11) is -2.46. The summed E-state index contributed by atoms with van der Waals surface area (Å²) in [5.74, 6) is 0.155. The number of carbonyl (C=O) groups is 1. The van der Waals surface area contributed by atoms with Gasteiger partial charge in [0.25, 0.3) is 0 Å². The van der Waals surface area contributed by atoms with Crippen LogP contribution < -0.4 is 9.50 Å². The number of ether oxygens (including phenoxy) is 2. The molecule has 1 N–H and O–H groups in total. The van der Waals surface area contributed by atoms with Gasteiger partial charge in [0.1, 0.15) is 16.2 Å². The second-order valence-corrected chi connectivity index (χ2v) is 9.08. The Morgan fingerprint density at radius 2 is 1.76 bits per heavy atom. The highest BCUT2D eigenvalue weighted by atomic mass is 32.2. The van der Waals surface area contributed by atoms with Gasteiger partial charge >= 0.3 is 16.2 Å². The number of alkyl carbamates (subject to hydrolysis) is 1. The van der Waals surface area contributed by atoms with Crippen molar-refractivity contribution in [2.75, 3.05) is 13.7 Å². The van der Waals surface area contributed by atoms with Gasteiger partial charge < -0.3 is 19.0 Å². The van der Waals surface area contributed by atoms with Crippen LogP contribution in [0.1, 0.15) is 38.0 Å². The van der Waals surface area contributed by atoms with Crippen LogP contribution >= 0.6 is 0 Å². The molecule has 0 heterocycles. The average molecular weight is 422 g/mol. The molecule has 0 aliphatic carbocycles. The summed E-state index contributed by atoms with van der Waals surface area (Å²) in [4.78, 5) is 11.9. The van der Waals surface area contributed by atoms with Crippen molar-refractivity contribution in [2.24, 2.45) is 0 Å². The molecule has 29 heavy (non-hydrogen) atoms.